The molecule has 6 heteroatoms. The van der Waals surface area contributed by atoms with Gasteiger partial charge in [-0.3, -0.25) is 0 Å². The smallest absolute Gasteiger partial charge is 0.322 e. The number of carbonyl (C=O) groups is 1. The molecule has 0 saturated carbocycles. The lowest BCUT2D eigenvalue weighted by Crippen LogP contribution is -2.49. The van der Waals surface area contributed by atoms with E-state index in [1.165, 1.54) is 0 Å². The van der Waals surface area contributed by atoms with E-state index in [0.29, 0.717) is 37.7 Å². The quantitative estimate of drug-likeness (QED) is 0.848. The van der Waals surface area contributed by atoms with Crippen molar-refractivity contribution in [3.63, 3.8) is 0 Å². The lowest BCUT2D eigenvalue weighted by Gasteiger charge is -2.35. The molecule has 1 fully saturated rings. The zero-order valence-electron chi connectivity index (χ0n) is 13.4. The van der Waals surface area contributed by atoms with Crippen LogP contribution in [0.3, 0.4) is 0 Å². The van der Waals surface area contributed by atoms with Gasteiger partial charge in [0.25, 0.3) is 0 Å². The number of hydrogen-bond acceptors (Lipinski definition) is 4. The maximum atomic E-state index is 12.3. The second-order valence-corrected chi connectivity index (χ2v) is 5.46. The van der Waals surface area contributed by atoms with Crippen molar-refractivity contribution in [3.8, 4) is 5.75 Å². The first-order chi connectivity index (χ1) is 10.6. The molecule has 2 unspecified atom stereocenters. The first-order valence-electron chi connectivity index (χ1n) is 7.51. The molecule has 2 amide bonds. The van der Waals surface area contributed by atoms with Gasteiger partial charge in [0, 0.05) is 32.0 Å². The van der Waals surface area contributed by atoms with Crippen molar-refractivity contribution in [1.82, 2.24) is 4.90 Å². The molecular formula is C16H24N2O4. The van der Waals surface area contributed by atoms with Gasteiger partial charge in [0.1, 0.15) is 12.4 Å². The molecule has 0 spiro atoms. The Hall–Kier alpha value is -1.79. The summed E-state index contributed by atoms with van der Waals surface area (Å²) in [5, 5.41) is 2.90. The summed E-state index contributed by atoms with van der Waals surface area (Å²) in [6.07, 6.45) is 0.108. The number of methoxy groups -OCH3 is 1. The molecule has 0 radical (unpaired) electrons. The van der Waals surface area contributed by atoms with Crippen LogP contribution in [0.5, 0.6) is 5.75 Å². The normalized spacial score (nSPS) is 21.5. The second kappa shape index (κ2) is 8.00. The van der Waals surface area contributed by atoms with Crippen LogP contribution in [0, 0.1) is 0 Å². The Morgan fingerprint density at radius 3 is 2.73 bits per heavy atom. The Labute approximate surface area is 131 Å². The van der Waals surface area contributed by atoms with Crippen LogP contribution >= 0.6 is 0 Å². The minimum absolute atomic E-state index is 0.0539. The average molecular weight is 308 g/mol. The second-order valence-electron chi connectivity index (χ2n) is 5.46. The number of nitrogens with one attached hydrogen (secondary N) is 1. The summed E-state index contributed by atoms with van der Waals surface area (Å²) in [4.78, 5) is 14.1. The summed E-state index contributed by atoms with van der Waals surface area (Å²) < 4.78 is 16.1. The Bertz CT molecular complexity index is 485. The molecule has 122 valence electrons. The standard InChI is InChI=1S/C16H24N2O4/c1-12-10-18(11-13(2)22-12)16(19)17-14-5-4-6-15(9-14)21-8-7-20-3/h4-6,9,12-13H,7-8,10-11H2,1-3H3,(H,17,19). The first kappa shape index (κ1) is 16.6. The van der Waals surface area contributed by atoms with Crippen molar-refractivity contribution < 1.29 is 19.0 Å². The van der Waals surface area contributed by atoms with Crippen LogP contribution < -0.4 is 10.1 Å². The van der Waals surface area contributed by atoms with Crippen molar-refractivity contribution in [1.29, 1.82) is 0 Å². The van der Waals surface area contributed by atoms with Crippen molar-refractivity contribution in [3.05, 3.63) is 24.3 Å². The fourth-order valence-electron chi connectivity index (χ4n) is 2.45. The van der Waals surface area contributed by atoms with E-state index >= 15 is 0 Å². The number of morpholine rings is 1. The highest BCUT2D eigenvalue weighted by molar-refractivity contribution is 5.89. The van der Waals surface area contributed by atoms with Crippen LogP contribution in [-0.2, 0) is 9.47 Å². The molecule has 1 aromatic carbocycles. The van der Waals surface area contributed by atoms with Crippen LogP contribution in [0.1, 0.15) is 13.8 Å². The van der Waals surface area contributed by atoms with Crippen molar-refractivity contribution in [2.24, 2.45) is 0 Å². The molecule has 1 N–H and O–H groups in total. The number of hydrogen-bond donors (Lipinski definition) is 1. The summed E-state index contributed by atoms with van der Waals surface area (Å²) in [6, 6.07) is 7.23. The van der Waals surface area contributed by atoms with E-state index in [2.05, 4.69) is 5.32 Å². The topological polar surface area (TPSA) is 60.0 Å². The zero-order valence-corrected chi connectivity index (χ0v) is 13.4. The number of anilines is 1. The number of rotatable bonds is 5. The highest BCUT2D eigenvalue weighted by Gasteiger charge is 2.25. The maximum Gasteiger partial charge on any atom is 0.322 e. The fraction of sp³-hybridized carbons (Fsp3) is 0.562. The Kier molecular flexibility index (Phi) is 6.03. The van der Waals surface area contributed by atoms with Crippen LogP contribution in [0.2, 0.25) is 0 Å². The van der Waals surface area contributed by atoms with Gasteiger partial charge in [-0.25, -0.2) is 4.79 Å². The van der Waals surface area contributed by atoms with Gasteiger partial charge in [0.05, 0.1) is 18.8 Å². The van der Waals surface area contributed by atoms with Crippen LogP contribution in [0.15, 0.2) is 24.3 Å². The average Bonchev–Trinajstić information content (AvgIpc) is 2.47. The number of benzene rings is 1. The molecule has 1 aliphatic heterocycles. The molecule has 0 aromatic heterocycles. The maximum absolute atomic E-state index is 12.3. The highest BCUT2D eigenvalue weighted by Crippen LogP contribution is 2.19. The predicted octanol–water partition coefficient (Wildman–Crippen LogP) is 2.35. The Balaban J connectivity index is 1.92. The molecule has 2 rings (SSSR count). The van der Waals surface area contributed by atoms with E-state index in [1.807, 2.05) is 32.0 Å². The number of carbonyl (C=O) groups excluding carboxylic acids is 1. The molecule has 22 heavy (non-hydrogen) atoms. The van der Waals surface area contributed by atoms with E-state index in [0.717, 1.165) is 0 Å². The van der Waals surface area contributed by atoms with E-state index in [1.54, 1.807) is 18.1 Å². The number of nitrogens with zero attached hydrogens (tertiary/aromatic N) is 1. The first-order valence-corrected chi connectivity index (χ1v) is 7.51. The molecule has 0 bridgehead atoms. The van der Waals surface area contributed by atoms with Gasteiger partial charge in [-0.2, -0.15) is 0 Å². The van der Waals surface area contributed by atoms with Gasteiger partial charge in [-0.15, -0.1) is 0 Å². The third-order valence-electron chi connectivity index (χ3n) is 3.35. The largest absolute Gasteiger partial charge is 0.491 e. The molecule has 0 aliphatic carbocycles. The van der Waals surface area contributed by atoms with Crippen LogP contribution in [-0.4, -0.2) is 56.6 Å². The van der Waals surface area contributed by atoms with Crippen molar-refractivity contribution in [2.45, 2.75) is 26.1 Å². The molecule has 1 saturated heterocycles. The Morgan fingerprint density at radius 2 is 2.05 bits per heavy atom. The molecule has 1 aromatic rings. The Morgan fingerprint density at radius 1 is 1.32 bits per heavy atom. The molecular weight excluding hydrogens is 284 g/mol. The summed E-state index contributed by atoms with van der Waals surface area (Å²) in [5.74, 6) is 0.707. The summed E-state index contributed by atoms with van der Waals surface area (Å²) in [5.41, 5.74) is 0.715. The van der Waals surface area contributed by atoms with Gasteiger partial charge in [-0.05, 0) is 26.0 Å². The third-order valence-corrected chi connectivity index (χ3v) is 3.35. The number of urea groups is 1. The van der Waals surface area contributed by atoms with Crippen LogP contribution in [0.25, 0.3) is 0 Å². The van der Waals surface area contributed by atoms with Crippen molar-refractivity contribution in [2.75, 3.05) is 38.7 Å². The van der Waals surface area contributed by atoms with Crippen LogP contribution in [0.4, 0.5) is 10.5 Å². The predicted molar refractivity (Wildman–Crippen MR) is 84.4 cm³/mol. The van der Waals surface area contributed by atoms with E-state index in [-0.39, 0.29) is 18.2 Å². The van der Waals surface area contributed by atoms with Gasteiger partial charge in [0.2, 0.25) is 0 Å². The molecule has 2 atom stereocenters. The van der Waals surface area contributed by atoms with E-state index in [4.69, 9.17) is 14.2 Å². The minimum Gasteiger partial charge on any atom is -0.491 e. The van der Waals surface area contributed by atoms with E-state index in [9.17, 15) is 4.79 Å². The number of ether oxygens (including phenoxy) is 3. The van der Waals surface area contributed by atoms with Crippen molar-refractivity contribution >= 4 is 11.7 Å². The monoisotopic (exact) mass is 308 g/mol. The molecule has 1 aliphatic rings. The summed E-state index contributed by atoms with van der Waals surface area (Å²) >= 11 is 0. The van der Waals surface area contributed by atoms with Gasteiger partial charge in [-0.1, -0.05) is 6.07 Å². The van der Waals surface area contributed by atoms with Gasteiger partial charge < -0.3 is 24.4 Å². The van der Waals surface area contributed by atoms with Gasteiger partial charge >= 0.3 is 6.03 Å². The van der Waals surface area contributed by atoms with Gasteiger partial charge in [0.15, 0.2) is 0 Å². The summed E-state index contributed by atoms with van der Waals surface area (Å²) in [6.45, 7) is 6.15. The minimum atomic E-state index is -0.115. The van der Waals surface area contributed by atoms with E-state index < -0.39 is 0 Å². The highest BCUT2D eigenvalue weighted by atomic mass is 16.5. The SMILES string of the molecule is COCCOc1cccc(NC(=O)N2CC(C)OC(C)C2)c1. The zero-order chi connectivity index (χ0) is 15.9. The lowest BCUT2D eigenvalue weighted by molar-refractivity contribution is -0.0530. The lowest BCUT2D eigenvalue weighted by atomic mass is 10.2. The number of amides is 2. The fourth-order valence-corrected chi connectivity index (χ4v) is 2.45. The molecule has 1 heterocycles. The third kappa shape index (κ3) is 4.89. The molecule has 6 nitrogen and oxygen atoms in total. The summed E-state index contributed by atoms with van der Waals surface area (Å²) in [7, 11) is 1.63.